The monoisotopic (exact) mass is 420 g/mol. The quantitative estimate of drug-likeness (QED) is 0.603. The molecule has 156 valence electrons. The van der Waals surface area contributed by atoms with E-state index < -0.39 is 28.0 Å². The number of para-hydroxylation sites is 1. The zero-order valence-corrected chi connectivity index (χ0v) is 17.3. The molecule has 1 atom stereocenters. The Labute approximate surface area is 170 Å². The van der Waals surface area contributed by atoms with Crippen LogP contribution in [0.1, 0.15) is 31.1 Å². The van der Waals surface area contributed by atoms with Crippen LogP contribution >= 0.6 is 0 Å². The number of likely N-dealkylation sites (N-methyl/N-ethyl adjacent to an activating group) is 1. The Hall–Kier alpha value is -3.07. The third-order valence-electron chi connectivity index (χ3n) is 3.84. The molecule has 0 bridgehead atoms. The zero-order chi connectivity index (χ0) is 21.4. The number of hydrogen-bond acceptors (Lipinski definition) is 6. The Balaban J connectivity index is 2.21. The normalized spacial score (nSPS) is 12.0. The van der Waals surface area contributed by atoms with Crippen molar-refractivity contribution in [3.63, 3.8) is 0 Å². The summed E-state index contributed by atoms with van der Waals surface area (Å²) in [5.41, 5.74) is 0.0487. The van der Waals surface area contributed by atoms with Crippen molar-refractivity contribution in [2.24, 2.45) is 0 Å². The fourth-order valence-electron chi connectivity index (χ4n) is 2.43. The summed E-state index contributed by atoms with van der Waals surface area (Å²) in [5.74, 6) is -0.697. The van der Waals surface area contributed by atoms with E-state index in [-0.39, 0.29) is 16.1 Å². The summed E-state index contributed by atoms with van der Waals surface area (Å²) in [6, 6.07) is 11.9. The summed E-state index contributed by atoms with van der Waals surface area (Å²) < 4.78 is 38.2. The van der Waals surface area contributed by atoms with Crippen LogP contribution in [0, 0.1) is 0 Å². The summed E-state index contributed by atoms with van der Waals surface area (Å²) in [6.45, 7) is 5.88. The second-order valence-electron chi connectivity index (χ2n) is 6.00. The lowest BCUT2D eigenvalue weighted by atomic mass is 10.2. The van der Waals surface area contributed by atoms with Gasteiger partial charge in [0.25, 0.3) is 15.9 Å². The maximum Gasteiger partial charge on any atom is 0.341 e. The van der Waals surface area contributed by atoms with Gasteiger partial charge in [0.05, 0.1) is 22.8 Å². The molecule has 0 saturated carbocycles. The van der Waals surface area contributed by atoms with Crippen LogP contribution in [0.25, 0.3) is 0 Å². The van der Waals surface area contributed by atoms with E-state index in [1.54, 1.807) is 31.2 Å². The fraction of sp³-hybridized carbons (Fsp3) is 0.300. The second-order valence-corrected chi connectivity index (χ2v) is 7.68. The molecule has 2 rings (SSSR count). The summed E-state index contributed by atoms with van der Waals surface area (Å²) >= 11 is 0. The van der Waals surface area contributed by atoms with E-state index in [0.29, 0.717) is 18.9 Å². The molecule has 0 heterocycles. The highest BCUT2D eigenvalue weighted by Crippen LogP contribution is 2.23. The van der Waals surface area contributed by atoms with E-state index in [1.165, 1.54) is 31.2 Å². The lowest BCUT2D eigenvalue weighted by Crippen LogP contribution is -2.35. The summed E-state index contributed by atoms with van der Waals surface area (Å²) in [7, 11) is -3.95. The molecule has 9 heteroatoms. The molecule has 8 nitrogen and oxygen atoms in total. The smallest absolute Gasteiger partial charge is 0.341 e. The summed E-state index contributed by atoms with van der Waals surface area (Å²) in [6.07, 6.45) is -1.02. The first-order chi connectivity index (χ1) is 13.8. The molecular formula is C20H24N2O6S. The maximum atomic E-state index is 12.7. The van der Waals surface area contributed by atoms with Gasteiger partial charge in [-0.15, -0.1) is 0 Å². The van der Waals surface area contributed by atoms with Gasteiger partial charge in [-0.2, -0.15) is 0 Å². The largest absolute Gasteiger partial charge is 0.494 e. The van der Waals surface area contributed by atoms with Crippen LogP contribution in [0.3, 0.4) is 0 Å². The van der Waals surface area contributed by atoms with E-state index in [1.807, 2.05) is 6.92 Å². The highest BCUT2D eigenvalue weighted by molar-refractivity contribution is 7.92. The second kappa shape index (κ2) is 9.92. The van der Waals surface area contributed by atoms with Crippen LogP contribution in [0.4, 0.5) is 5.69 Å². The van der Waals surface area contributed by atoms with E-state index in [4.69, 9.17) is 9.47 Å². The van der Waals surface area contributed by atoms with Crippen LogP contribution in [0.15, 0.2) is 53.4 Å². The SMILES string of the molecule is CCNC(=O)[C@H](C)OC(=O)c1ccccc1NS(=O)(=O)c1ccc(OCC)cc1. The topological polar surface area (TPSA) is 111 Å². The molecule has 29 heavy (non-hydrogen) atoms. The number of sulfonamides is 1. The van der Waals surface area contributed by atoms with Crippen molar-refractivity contribution in [1.82, 2.24) is 5.32 Å². The zero-order valence-electron chi connectivity index (χ0n) is 16.5. The lowest BCUT2D eigenvalue weighted by Gasteiger charge is -2.15. The van der Waals surface area contributed by atoms with Gasteiger partial charge in [-0.05, 0) is 57.2 Å². The third-order valence-corrected chi connectivity index (χ3v) is 5.22. The number of ether oxygens (including phenoxy) is 2. The number of benzene rings is 2. The molecule has 2 aromatic rings. The standard InChI is InChI=1S/C20H24N2O6S/c1-4-21-19(23)14(3)28-20(24)17-8-6-7-9-18(17)22-29(25,26)16-12-10-15(11-13-16)27-5-2/h6-14,22H,4-5H2,1-3H3,(H,21,23)/t14-/m0/s1. The summed E-state index contributed by atoms with van der Waals surface area (Å²) in [5, 5.41) is 2.55. The van der Waals surface area contributed by atoms with Crippen molar-refractivity contribution in [2.45, 2.75) is 31.8 Å². The molecule has 0 aliphatic heterocycles. The first kappa shape index (κ1) is 22.2. The number of anilines is 1. The fourth-order valence-corrected chi connectivity index (χ4v) is 3.51. The number of carbonyl (C=O) groups excluding carboxylic acids is 2. The van der Waals surface area contributed by atoms with E-state index in [0.717, 1.165) is 0 Å². The molecule has 0 aliphatic rings. The molecule has 2 N–H and O–H groups in total. The maximum absolute atomic E-state index is 12.7. The average Bonchev–Trinajstić information content (AvgIpc) is 2.69. The van der Waals surface area contributed by atoms with E-state index in [9.17, 15) is 18.0 Å². The van der Waals surface area contributed by atoms with E-state index in [2.05, 4.69) is 10.0 Å². The van der Waals surface area contributed by atoms with Crippen LogP contribution in [0.5, 0.6) is 5.75 Å². The van der Waals surface area contributed by atoms with Crippen LogP contribution in [-0.2, 0) is 19.6 Å². The first-order valence-electron chi connectivity index (χ1n) is 9.11. The molecule has 0 spiro atoms. The predicted molar refractivity (Wildman–Crippen MR) is 108 cm³/mol. The van der Waals surface area contributed by atoms with Gasteiger partial charge in [0.1, 0.15) is 5.75 Å². The molecule has 2 aromatic carbocycles. The van der Waals surface area contributed by atoms with Crippen LogP contribution in [-0.4, -0.2) is 39.5 Å². The Morgan fingerprint density at radius 1 is 1.03 bits per heavy atom. The van der Waals surface area contributed by atoms with Gasteiger partial charge in [0.15, 0.2) is 6.10 Å². The van der Waals surface area contributed by atoms with Crippen molar-refractivity contribution < 1.29 is 27.5 Å². The van der Waals surface area contributed by atoms with Crippen molar-refractivity contribution in [2.75, 3.05) is 17.9 Å². The molecule has 0 aromatic heterocycles. The van der Waals surface area contributed by atoms with Crippen molar-refractivity contribution in [3.05, 3.63) is 54.1 Å². The van der Waals surface area contributed by atoms with Gasteiger partial charge >= 0.3 is 5.97 Å². The first-order valence-corrected chi connectivity index (χ1v) is 10.6. The van der Waals surface area contributed by atoms with Crippen molar-refractivity contribution >= 4 is 27.6 Å². The molecule has 0 unspecified atom stereocenters. The lowest BCUT2D eigenvalue weighted by molar-refractivity contribution is -0.128. The number of rotatable bonds is 9. The Morgan fingerprint density at radius 2 is 1.69 bits per heavy atom. The van der Waals surface area contributed by atoms with Crippen molar-refractivity contribution in [3.8, 4) is 5.75 Å². The highest BCUT2D eigenvalue weighted by atomic mass is 32.2. The number of amides is 1. The Kier molecular flexibility index (Phi) is 7.60. The van der Waals surface area contributed by atoms with Gasteiger partial charge in [-0.3, -0.25) is 9.52 Å². The minimum Gasteiger partial charge on any atom is -0.494 e. The number of hydrogen-bond donors (Lipinski definition) is 2. The predicted octanol–water partition coefficient (Wildman–Crippen LogP) is 2.57. The number of esters is 1. The minimum atomic E-state index is -3.95. The number of carbonyl (C=O) groups is 2. The van der Waals surface area contributed by atoms with Gasteiger partial charge in [-0.25, -0.2) is 13.2 Å². The van der Waals surface area contributed by atoms with Gasteiger partial charge in [0.2, 0.25) is 0 Å². The minimum absolute atomic E-state index is 0.00170. The van der Waals surface area contributed by atoms with Crippen molar-refractivity contribution in [1.29, 1.82) is 0 Å². The van der Waals surface area contributed by atoms with Crippen LogP contribution in [0.2, 0.25) is 0 Å². The van der Waals surface area contributed by atoms with Gasteiger partial charge < -0.3 is 14.8 Å². The highest BCUT2D eigenvalue weighted by Gasteiger charge is 2.23. The molecule has 0 saturated heterocycles. The molecule has 0 fully saturated rings. The molecule has 0 radical (unpaired) electrons. The Bertz CT molecular complexity index is 957. The van der Waals surface area contributed by atoms with Crippen LogP contribution < -0.4 is 14.8 Å². The third kappa shape index (κ3) is 5.95. The molecule has 0 aliphatic carbocycles. The van der Waals surface area contributed by atoms with E-state index >= 15 is 0 Å². The molecule has 1 amide bonds. The summed E-state index contributed by atoms with van der Waals surface area (Å²) in [4.78, 5) is 24.3. The van der Waals surface area contributed by atoms with Gasteiger partial charge in [0, 0.05) is 6.54 Å². The van der Waals surface area contributed by atoms with Gasteiger partial charge in [-0.1, -0.05) is 12.1 Å². The number of nitrogens with one attached hydrogen (secondary N) is 2. The molecular weight excluding hydrogens is 396 g/mol. The Morgan fingerprint density at radius 3 is 2.31 bits per heavy atom. The average molecular weight is 420 g/mol.